The summed E-state index contributed by atoms with van der Waals surface area (Å²) in [6.45, 7) is 6.55. The van der Waals surface area contributed by atoms with Gasteiger partial charge in [0.1, 0.15) is 0 Å². The maximum absolute atomic E-state index is 2.27. The Morgan fingerprint density at radius 3 is 2.40 bits per heavy atom. The van der Waals surface area contributed by atoms with Crippen LogP contribution in [0.1, 0.15) is 20.8 Å². The average molecular weight is 137 g/mol. The minimum Gasteiger partial charge on any atom is -0.355 e. The normalized spacial score (nSPS) is 22.8. The van der Waals surface area contributed by atoms with Gasteiger partial charge in [0.2, 0.25) is 0 Å². The first-order valence-electron chi connectivity index (χ1n) is 3.63. The van der Waals surface area contributed by atoms with Crippen molar-refractivity contribution in [2.75, 3.05) is 7.05 Å². The van der Waals surface area contributed by atoms with Gasteiger partial charge in [-0.25, -0.2) is 0 Å². The molecule has 0 unspecified atom stereocenters. The highest BCUT2D eigenvalue weighted by Crippen LogP contribution is 2.26. The number of hydrogen-bond acceptors (Lipinski definition) is 1. The second kappa shape index (κ2) is 2.15. The van der Waals surface area contributed by atoms with E-state index in [0.29, 0.717) is 0 Å². The standard InChI is InChI=1S/C9H15N/c1-8-7-9(2,3)5-6-10(8)4/h5-7H,1-4H3. The van der Waals surface area contributed by atoms with E-state index in [4.69, 9.17) is 0 Å². The van der Waals surface area contributed by atoms with Crippen molar-refractivity contribution in [1.82, 2.24) is 4.90 Å². The van der Waals surface area contributed by atoms with Crippen LogP contribution in [-0.4, -0.2) is 11.9 Å². The van der Waals surface area contributed by atoms with E-state index in [1.807, 2.05) is 0 Å². The first-order chi connectivity index (χ1) is 4.51. The molecule has 0 aromatic heterocycles. The molecule has 0 saturated heterocycles. The molecule has 0 aliphatic carbocycles. The summed E-state index contributed by atoms with van der Waals surface area (Å²) in [5.41, 5.74) is 1.57. The molecule has 0 spiro atoms. The second-order valence-electron chi connectivity index (χ2n) is 3.53. The molecule has 1 rings (SSSR count). The van der Waals surface area contributed by atoms with Crippen LogP contribution in [0.25, 0.3) is 0 Å². The van der Waals surface area contributed by atoms with Crippen molar-refractivity contribution < 1.29 is 0 Å². The van der Waals surface area contributed by atoms with Crippen molar-refractivity contribution in [1.29, 1.82) is 0 Å². The Kier molecular flexibility index (Phi) is 1.59. The molecule has 10 heavy (non-hydrogen) atoms. The van der Waals surface area contributed by atoms with Crippen molar-refractivity contribution in [3.63, 3.8) is 0 Å². The van der Waals surface area contributed by atoms with Crippen molar-refractivity contribution in [2.24, 2.45) is 5.41 Å². The fourth-order valence-electron chi connectivity index (χ4n) is 1.11. The first kappa shape index (κ1) is 7.39. The molecule has 1 heterocycles. The smallest absolute Gasteiger partial charge is 0.0108 e. The number of hydrogen-bond donors (Lipinski definition) is 0. The molecular weight excluding hydrogens is 122 g/mol. The molecule has 1 nitrogen and oxygen atoms in total. The van der Waals surface area contributed by atoms with Gasteiger partial charge in [-0.05, 0) is 6.92 Å². The molecule has 0 bridgehead atoms. The van der Waals surface area contributed by atoms with Crippen LogP contribution in [0.4, 0.5) is 0 Å². The number of allylic oxidation sites excluding steroid dienone is 3. The Hall–Kier alpha value is -0.720. The first-order valence-corrected chi connectivity index (χ1v) is 3.63. The van der Waals surface area contributed by atoms with Crippen LogP contribution in [0.5, 0.6) is 0 Å². The molecule has 0 atom stereocenters. The van der Waals surface area contributed by atoms with Gasteiger partial charge in [0, 0.05) is 24.4 Å². The SMILES string of the molecule is CC1=CC(C)(C)C=CN1C. The van der Waals surface area contributed by atoms with Gasteiger partial charge in [0.25, 0.3) is 0 Å². The summed E-state index contributed by atoms with van der Waals surface area (Å²) < 4.78 is 0. The van der Waals surface area contributed by atoms with Gasteiger partial charge in [0.15, 0.2) is 0 Å². The zero-order chi connectivity index (χ0) is 7.78. The van der Waals surface area contributed by atoms with Crippen LogP contribution in [0.2, 0.25) is 0 Å². The molecule has 0 aromatic rings. The van der Waals surface area contributed by atoms with Crippen LogP contribution >= 0.6 is 0 Å². The van der Waals surface area contributed by atoms with Gasteiger partial charge in [-0.3, -0.25) is 0 Å². The van der Waals surface area contributed by atoms with E-state index in [0.717, 1.165) is 0 Å². The van der Waals surface area contributed by atoms with E-state index < -0.39 is 0 Å². The molecular formula is C9H15N. The van der Waals surface area contributed by atoms with Gasteiger partial charge in [-0.15, -0.1) is 0 Å². The van der Waals surface area contributed by atoms with Crippen molar-refractivity contribution >= 4 is 0 Å². The summed E-state index contributed by atoms with van der Waals surface area (Å²) >= 11 is 0. The zero-order valence-electron chi connectivity index (χ0n) is 7.18. The predicted molar refractivity (Wildman–Crippen MR) is 44.4 cm³/mol. The van der Waals surface area contributed by atoms with E-state index in [2.05, 4.69) is 51.1 Å². The topological polar surface area (TPSA) is 3.24 Å². The van der Waals surface area contributed by atoms with Crippen molar-refractivity contribution in [2.45, 2.75) is 20.8 Å². The van der Waals surface area contributed by atoms with Crippen LogP contribution in [-0.2, 0) is 0 Å². The summed E-state index contributed by atoms with van der Waals surface area (Å²) in [5.74, 6) is 0. The van der Waals surface area contributed by atoms with Crippen molar-refractivity contribution in [3.8, 4) is 0 Å². The minimum absolute atomic E-state index is 0.247. The third kappa shape index (κ3) is 1.41. The molecule has 0 saturated carbocycles. The maximum Gasteiger partial charge on any atom is 0.0108 e. The van der Waals surface area contributed by atoms with Gasteiger partial charge < -0.3 is 4.90 Å². The van der Waals surface area contributed by atoms with Crippen LogP contribution in [0.3, 0.4) is 0 Å². The van der Waals surface area contributed by atoms with Gasteiger partial charge in [-0.1, -0.05) is 26.0 Å². The number of rotatable bonds is 0. The lowest BCUT2D eigenvalue weighted by Gasteiger charge is -2.27. The fraction of sp³-hybridized carbons (Fsp3) is 0.556. The highest BCUT2D eigenvalue weighted by molar-refractivity contribution is 5.18. The average Bonchev–Trinajstić information content (AvgIpc) is 1.79. The Labute approximate surface area is 63.0 Å². The summed E-state index contributed by atoms with van der Waals surface area (Å²) in [6.07, 6.45) is 6.60. The van der Waals surface area contributed by atoms with Crippen molar-refractivity contribution in [3.05, 3.63) is 24.0 Å². The molecule has 1 aliphatic rings. The second-order valence-corrected chi connectivity index (χ2v) is 3.53. The molecule has 0 aromatic carbocycles. The molecule has 0 amide bonds. The summed E-state index contributed by atoms with van der Waals surface area (Å²) in [7, 11) is 2.07. The van der Waals surface area contributed by atoms with E-state index in [1.165, 1.54) is 5.70 Å². The Morgan fingerprint density at radius 1 is 1.40 bits per heavy atom. The van der Waals surface area contributed by atoms with E-state index in [9.17, 15) is 0 Å². The molecule has 1 aliphatic heterocycles. The lowest BCUT2D eigenvalue weighted by atomic mass is 9.90. The quantitative estimate of drug-likeness (QED) is 0.495. The molecule has 1 heteroatoms. The van der Waals surface area contributed by atoms with Crippen LogP contribution in [0.15, 0.2) is 24.0 Å². The van der Waals surface area contributed by atoms with E-state index >= 15 is 0 Å². The monoisotopic (exact) mass is 137 g/mol. The zero-order valence-corrected chi connectivity index (χ0v) is 7.18. The largest absolute Gasteiger partial charge is 0.355 e. The Bertz CT molecular complexity index is 187. The maximum atomic E-state index is 2.27. The van der Waals surface area contributed by atoms with Crippen LogP contribution in [0, 0.1) is 5.41 Å². The highest BCUT2D eigenvalue weighted by Gasteiger charge is 2.15. The fourth-order valence-corrected chi connectivity index (χ4v) is 1.11. The molecule has 56 valence electrons. The summed E-state index contributed by atoms with van der Waals surface area (Å²) in [4.78, 5) is 2.13. The molecule has 0 fully saturated rings. The Morgan fingerprint density at radius 2 is 2.00 bits per heavy atom. The summed E-state index contributed by atoms with van der Waals surface area (Å²) in [6, 6.07) is 0. The van der Waals surface area contributed by atoms with Gasteiger partial charge in [-0.2, -0.15) is 0 Å². The predicted octanol–water partition coefficient (Wildman–Crippen LogP) is 2.38. The third-order valence-corrected chi connectivity index (χ3v) is 1.86. The summed E-state index contributed by atoms with van der Waals surface area (Å²) in [5, 5.41) is 0. The minimum atomic E-state index is 0.247. The lowest BCUT2D eigenvalue weighted by molar-refractivity contribution is 0.491. The van der Waals surface area contributed by atoms with Crippen LogP contribution < -0.4 is 0 Å². The van der Waals surface area contributed by atoms with E-state index in [-0.39, 0.29) is 5.41 Å². The highest BCUT2D eigenvalue weighted by atomic mass is 15.1. The van der Waals surface area contributed by atoms with E-state index in [1.54, 1.807) is 0 Å². The Balaban J connectivity index is 2.85. The third-order valence-electron chi connectivity index (χ3n) is 1.86. The molecule has 0 radical (unpaired) electrons. The number of nitrogens with zero attached hydrogens (tertiary/aromatic N) is 1. The molecule has 0 N–H and O–H groups in total. The lowest BCUT2D eigenvalue weighted by Crippen LogP contribution is -2.18. The van der Waals surface area contributed by atoms with Gasteiger partial charge in [0.05, 0.1) is 0 Å². The van der Waals surface area contributed by atoms with Gasteiger partial charge >= 0.3 is 0 Å².